The Morgan fingerprint density at radius 3 is 2.95 bits per heavy atom. The number of β-lactam (4-membered cyclic amide) rings is 1. The summed E-state index contributed by atoms with van der Waals surface area (Å²) in [7, 11) is 0. The first-order valence-corrected chi connectivity index (χ1v) is 13.6. The van der Waals surface area contributed by atoms with Crippen molar-refractivity contribution in [3.63, 3.8) is 0 Å². The van der Waals surface area contributed by atoms with Crippen LogP contribution in [-0.2, 0) is 25.8 Å². The van der Waals surface area contributed by atoms with E-state index in [0.717, 1.165) is 11.3 Å². The van der Waals surface area contributed by atoms with Crippen LogP contribution >= 0.6 is 34.9 Å². The van der Waals surface area contributed by atoms with Crippen molar-refractivity contribution in [3.8, 4) is 0 Å². The number of carboxylic acid groups (broad SMARTS) is 1. The summed E-state index contributed by atoms with van der Waals surface area (Å²) in [5.74, 6) is -1.90. The molecule has 1 saturated heterocycles. The molecule has 15 nitrogen and oxygen atoms in total. The number of nitrogen functional groups attached to an aromatic ring is 1. The molecule has 2 aliphatic heterocycles. The predicted octanol–water partition coefficient (Wildman–Crippen LogP) is -0.892. The third kappa shape index (κ3) is 5.60. The second kappa shape index (κ2) is 11.7. The van der Waals surface area contributed by atoms with Crippen molar-refractivity contribution in [3.05, 3.63) is 35.0 Å². The molecule has 0 aliphatic carbocycles. The number of thioether (sulfide) groups is 2. The summed E-state index contributed by atoms with van der Waals surface area (Å²) in [5, 5.41) is 29.4. The quantitative estimate of drug-likeness (QED) is 0.0613. The van der Waals surface area contributed by atoms with Crippen LogP contribution in [-0.4, -0.2) is 94.8 Å². The number of rotatable bonds is 12. The van der Waals surface area contributed by atoms with Crippen LogP contribution < -0.4 is 16.8 Å². The van der Waals surface area contributed by atoms with Gasteiger partial charge in [0.2, 0.25) is 5.16 Å². The Bertz CT molecular complexity index is 1270. The van der Waals surface area contributed by atoms with E-state index in [2.05, 4.69) is 37.6 Å². The van der Waals surface area contributed by atoms with Crippen molar-refractivity contribution in [2.75, 3.05) is 30.4 Å². The van der Waals surface area contributed by atoms with Gasteiger partial charge < -0.3 is 26.7 Å². The molecule has 2 atom stereocenters. The molecular weight excluding hydrogens is 544 g/mol. The molecule has 1 fully saturated rings. The molecule has 2 aliphatic rings. The Hall–Kier alpha value is -3.48. The number of hydrogen-bond acceptors (Lipinski definition) is 14. The highest BCUT2D eigenvalue weighted by Gasteiger charge is 2.54. The maximum absolute atomic E-state index is 13.0. The van der Waals surface area contributed by atoms with Gasteiger partial charge in [0.25, 0.3) is 11.8 Å². The predicted molar refractivity (Wildman–Crippen MR) is 136 cm³/mol. The van der Waals surface area contributed by atoms with Gasteiger partial charge in [0.1, 0.15) is 29.4 Å². The highest BCUT2D eigenvalue weighted by Crippen LogP contribution is 2.41. The maximum Gasteiger partial charge on any atom is 0.352 e. The smallest absolute Gasteiger partial charge is 0.352 e. The normalized spacial score (nSPS) is 19.3. The SMILES string of the molecule is C=CCON=C(C(=O)NC1C(=O)N2C(C(=O)O)=C(CSc3nnnn3CCN)CS[C@@H]12)c1csc(N)n1. The molecule has 4 heterocycles. The van der Waals surface area contributed by atoms with Crippen molar-refractivity contribution >= 4 is 63.5 Å². The standard InChI is InChI=1S/C19H22N10O5S3/c1-2-5-34-25-11(10-8-36-18(21)22-10)14(30)23-12-15(31)29-13(17(32)33)9(6-35-16(12)29)7-37-19-24-26-27-28(19)4-3-20/h2,8,12,16H,1,3-7,20H2,(H2,21,22)(H,23,30)(H,32,33)/t12?,16-/m0/s1. The van der Waals surface area contributed by atoms with Crippen LogP contribution in [0.4, 0.5) is 5.13 Å². The molecule has 0 bridgehead atoms. The summed E-state index contributed by atoms with van der Waals surface area (Å²) >= 11 is 3.71. The van der Waals surface area contributed by atoms with Gasteiger partial charge in [-0.1, -0.05) is 29.6 Å². The number of hydrogen-bond donors (Lipinski definition) is 4. The summed E-state index contributed by atoms with van der Waals surface area (Å²) in [6, 6.07) is -0.960. The van der Waals surface area contributed by atoms with Crippen molar-refractivity contribution in [2.45, 2.75) is 23.1 Å². The number of aliphatic carboxylic acids is 1. The fourth-order valence-electron chi connectivity index (χ4n) is 3.47. The fourth-order valence-corrected chi connectivity index (χ4v) is 6.41. The third-order valence-electron chi connectivity index (χ3n) is 5.08. The van der Waals surface area contributed by atoms with Crippen LogP contribution in [0.15, 0.2) is 39.6 Å². The number of amides is 2. The van der Waals surface area contributed by atoms with Gasteiger partial charge in [0.05, 0.1) is 6.54 Å². The number of carboxylic acids is 1. The Kier molecular flexibility index (Phi) is 8.41. The van der Waals surface area contributed by atoms with E-state index >= 15 is 0 Å². The first-order valence-electron chi connectivity index (χ1n) is 10.7. The Balaban J connectivity index is 1.48. The number of fused-ring (bicyclic) bond motifs is 1. The topological polar surface area (TPSA) is 217 Å². The fraction of sp³-hybridized carbons (Fsp3) is 0.368. The molecule has 2 amide bonds. The first-order chi connectivity index (χ1) is 17.8. The number of nitrogens with two attached hydrogens (primary N) is 2. The molecular formula is C19H22N10O5S3. The van der Waals surface area contributed by atoms with Crippen molar-refractivity contribution < 1.29 is 24.3 Å². The number of anilines is 1. The van der Waals surface area contributed by atoms with Gasteiger partial charge >= 0.3 is 5.97 Å². The molecule has 2 aromatic heterocycles. The van der Waals surface area contributed by atoms with Crippen molar-refractivity contribution in [1.29, 1.82) is 0 Å². The minimum absolute atomic E-state index is 0.0527. The second-order valence-corrected chi connectivity index (χ2v) is 10.4. The molecule has 0 spiro atoms. The van der Waals surface area contributed by atoms with E-state index in [-0.39, 0.29) is 34.6 Å². The van der Waals surface area contributed by atoms with E-state index in [4.69, 9.17) is 16.3 Å². The van der Waals surface area contributed by atoms with E-state index in [1.54, 1.807) is 0 Å². The Morgan fingerprint density at radius 2 is 2.27 bits per heavy atom. The number of oxime groups is 1. The molecule has 6 N–H and O–H groups in total. The van der Waals surface area contributed by atoms with Crippen LogP contribution in [0.1, 0.15) is 5.69 Å². The molecule has 196 valence electrons. The highest BCUT2D eigenvalue weighted by molar-refractivity contribution is 8.01. The van der Waals surface area contributed by atoms with Crippen LogP contribution in [0.2, 0.25) is 0 Å². The molecule has 2 aromatic rings. The van der Waals surface area contributed by atoms with Gasteiger partial charge in [0, 0.05) is 23.4 Å². The average Bonchev–Trinajstić information content (AvgIpc) is 3.51. The van der Waals surface area contributed by atoms with Crippen molar-refractivity contribution in [1.82, 2.24) is 35.4 Å². The summed E-state index contributed by atoms with van der Waals surface area (Å²) in [5.41, 5.74) is 11.7. The molecule has 37 heavy (non-hydrogen) atoms. The zero-order valence-electron chi connectivity index (χ0n) is 19.1. The number of nitrogens with one attached hydrogen (secondary N) is 1. The maximum atomic E-state index is 13.0. The largest absolute Gasteiger partial charge is 0.477 e. The lowest BCUT2D eigenvalue weighted by molar-refractivity contribution is -0.150. The lowest BCUT2D eigenvalue weighted by Crippen LogP contribution is -2.71. The van der Waals surface area contributed by atoms with Crippen LogP contribution in [0.25, 0.3) is 0 Å². The van der Waals surface area contributed by atoms with Crippen LogP contribution in [0.5, 0.6) is 0 Å². The number of aromatic nitrogens is 5. The van der Waals surface area contributed by atoms with Gasteiger partial charge in [-0.3, -0.25) is 14.5 Å². The summed E-state index contributed by atoms with van der Waals surface area (Å²) in [6.45, 7) is 4.34. The minimum Gasteiger partial charge on any atom is -0.477 e. The summed E-state index contributed by atoms with van der Waals surface area (Å²) in [4.78, 5) is 48.4. The number of carbonyl (C=O) groups excluding carboxylic acids is 2. The van der Waals surface area contributed by atoms with Gasteiger partial charge in [-0.15, -0.1) is 28.2 Å². The van der Waals surface area contributed by atoms with E-state index < -0.39 is 29.2 Å². The van der Waals surface area contributed by atoms with Crippen molar-refractivity contribution in [2.24, 2.45) is 10.9 Å². The van der Waals surface area contributed by atoms with Crippen LogP contribution in [0.3, 0.4) is 0 Å². The molecule has 0 saturated carbocycles. The lowest BCUT2D eigenvalue weighted by Gasteiger charge is -2.49. The zero-order valence-corrected chi connectivity index (χ0v) is 21.6. The van der Waals surface area contributed by atoms with E-state index in [1.807, 2.05) is 0 Å². The lowest BCUT2D eigenvalue weighted by atomic mass is 10.0. The van der Waals surface area contributed by atoms with Gasteiger partial charge in [0.15, 0.2) is 10.8 Å². The van der Waals surface area contributed by atoms with Gasteiger partial charge in [-0.05, 0) is 16.0 Å². The molecule has 0 radical (unpaired) electrons. The second-order valence-electron chi connectivity index (χ2n) is 7.48. The number of nitrogens with zero attached hydrogens (tertiary/aromatic N) is 7. The average molecular weight is 567 g/mol. The number of carbonyl (C=O) groups is 3. The van der Waals surface area contributed by atoms with Gasteiger partial charge in [-0.2, -0.15) is 0 Å². The minimum atomic E-state index is -1.24. The Morgan fingerprint density at radius 1 is 1.46 bits per heavy atom. The van der Waals surface area contributed by atoms with E-state index in [0.29, 0.717) is 29.6 Å². The molecule has 1 unspecified atom stereocenters. The summed E-state index contributed by atoms with van der Waals surface area (Å²) in [6.07, 6.45) is 1.45. The first kappa shape index (κ1) is 26.6. The molecule has 0 aromatic carbocycles. The summed E-state index contributed by atoms with van der Waals surface area (Å²) < 4.78 is 1.53. The molecule has 18 heteroatoms. The zero-order chi connectivity index (χ0) is 26.5. The molecule has 4 rings (SSSR count). The van der Waals surface area contributed by atoms with E-state index in [1.165, 1.54) is 44.6 Å². The Labute approximate surface area is 222 Å². The number of thiazole rings is 1. The van der Waals surface area contributed by atoms with E-state index in [9.17, 15) is 19.5 Å². The van der Waals surface area contributed by atoms with Gasteiger partial charge in [-0.25, -0.2) is 14.5 Å². The third-order valence-corrected chi connectivity index (χ3v) is 8.14. The highest BCUT2D eigenvalue weighted by atomic mass is 32.2. The van der Waals surface area contributed by atoms with Crippen LogP contribution in [0, 0.1) is 0 Å². The monoisotopic (exact) mass is 566 g/mol. The number of tetrazole rings is 1.